The Labute approximate surface area is 112 Å². The second kappa shape index (κ2) is 5.14. The van der Waals surface area contributed by atoms with Gasteiger partial charge in [-0.2, -0.15) is 0 Å². The van der Waals surface area contributed by atoms with Gasteiger partial charge in [-0.15, -0.1) is 5.10 Å². The highest BCUT2D eigenvalue weighted by molar-refractivity contribution is 7.17. The van der Waals surface area contributed by atoms with Gasteiger partial charge in [0.2, 0.25) is 0 Å². The molecule has 100 valence electrons. The number of aromatic nitrogens is 4. The van der Waals surface area contributed by atoms with Crippen LogP contribution < -0.4 is 5.32 Å². The van der Waals surface area contributed by atoms with Gasteiger partial charge in [0.1, 0.15) is 4.88 Å². The van der Waals surface area contributed by atoms with Crippen molar-refractivity contribution in [3.63, 3.8) is 0 Å². The van der Waals surface area contributed by atoms with E-state index in [4.69, 9.17) is 0 Å². The van der Waals surface area contributed by atoms with E-state index in [2.05, 4.69) is 25.3 Å². The number of anilines is 1. The van der Waals surface area contributed by atoms with Crippen molar-refractivity contribution in [1.29, 1.82) is 0 Å². The molecule has 0 saturated heterocycles. The van der Waals surface area contributed by atoms with E-state index in [1.165, 1.54) is 18.0 Å². The lowest BCUT2D eigenvalue weighted by Crippen LogP contribution is -2.12. The molecule has 0 saturated carbocycles. The van der Waals surface area contributed by atoms with Crippen molar-refractivity contribution in [3.05, 3.63) is 22.5 Å². The monoisotopic (exact) mass is 281 g/mol. The Morgan fingerprint density at radius 2 is 2.21 bits per heavy atom. The fraction of sp³-hybridized carbons (Fsp3) is 0.300. The van der Waals surface area contributed by atoms with Gasteiger partial charge in [0.05, 0.1) is 19.0 Å². The number of carbonyl (C=O) groups is 2. The fourth-order valence-corrected chi connectivity index (χ4v) is 2.22. The predicted octanol–water partition coefficient (Wildman–Crippen LogP) is 0.619. The SMILES string of the molecule is COC(=O)c1sc(NC(=O)c2cn(C)nn2)nc1C. The highest BCUT2D eigenvalue weighted by Crippen LogP contribution is 2.23. The first kappa shape index (κ1) is 13.1. The van der Waals surface area contributed by atoms with Crippen LogP contribution in [0.2, 0.25) is 0 Å². The number of aryl methyl sites for hydroxylation is 2. The summed E-state index contributed by atoms with van der Waals surface area (Å²) in [6.07, 6.45) is 1.48. The Hall–Kier alpha value is -2.29. The summed E-state index contributed by atoms with van der Waals surface area (Å²) in [6.45, 7) is 1.67. The van der Waals surface area contributed by atoms with Gasteiger partial charge in [-0.1, -0.05) is 16.6 Å². The first-order chi connectivity index (χ1) is 9.01. The number of esters is 1. The van der Waals surface area contributed by atoms with Crippen LogP contribution in [0.1, 0.15) is 25.9 Å². The lowest BCUT2D eigenvalue weighted by molar-refractivity contribution is 0.0605. The molecule has 2 aromatic rings. The molecule has 0 radical (unpaired) electrons. The molecule has 0 unspecified atom stereocenters. The zero-order valence-electron chi connectivity index (χ0n) is 10.5. The molecule has 19 heavy (non-hydrogen) atoms. The summed E-state index contributed by atoms with van der Waals surface area (Å²) >= 11 is 1.05. The van der Waals surface area contributed by atoms with Crippen molar-refractivity contribution in [2.75, 3.05) is 12.4 Å². The van der Waals surface area contributed by atoms with E-state index in [-0.39, 0.29) is 5.69 Å². The lowest BCUT2D eigenvalue weighted by Gasteiger charge is -1.96. The maximum atomic E-state index is 11.8. The molecule has 0 aliphatic rings. The smallest absolute Gasteiger partial charge is 0.350 e. The third-order valence-corrected chi connectivity index (χ3v) is 3.28. The molecule has 8 nitrogen and oxygen atoms in total. The van der Waals surface area contributed by atoms with Crippen molar-refractivity contribution in [3.8, 4) is 0 Å². The molecule has 0 aliphatic heterocycles. The first-order valence-electron chi connectivity index (χ1n) is 5.24. The molecule has 2 rings (SSSR count). The number of nitrogens with one attached hydrogen (secondary N) is 1. The van der Waals surface area contributed by atoms with Gasteiger partial charge >= 0.3 is 5.97 Å². The van der Waals surface area contributed by atoms with E-state index in [9.17, 15) is 9.59 Å². The van der Waals surface area contributed by atoms with Crippen molar-refractivity contribution in [2.24, 2.45) is 7.05 Å². The number of hydrogen-bond donors (Lipinski definition) is 1. The minimum Gasteiger partial charge on any atom is -0.465 e. The molecular weight excluding hydrogens is 270 g/mol. The molecule has 1 amide bonds. The number of ether oxygens (including phenoxy) is 1. The van der Waals surface area contributed by atoms with Gasteiger partial charge < -0.3 is 4.74 Å². The molecule has 0 spiro atoms. The zero-order valence-corrected chi connectivity index (χ0v) is 11.3. The summed E-state index contributed by atoms with van der Waals surface area (Å²) < 4.78 is 6.04. The molecule has 9 heteroatoms. The van der Waals surface area contributed by atoms with Crippen LogP contribution in [0.4, 0.5) is 5.13 Å². The Morgan fingerprint density at radius 1 is 1.47 bits per heavy atom. The predicted molar refractivity (Wildman–Crippen MR) is 67.1 cm³/mol. The summed E-state index contributed by atoms with van der Waals surface area (Å²) in [5, 5.41) is 10.2. The molecule has 0 fully saturated rings. The molecule has 1 N–H and O–H groups in total. The number of hydrogen-bond acceptors (Lipinski definition) is 7. The molecule has 0 aromatic carbocycles. The number of carbonyl (C=O) groups excluding carboxylic acids is 2. The molecular formula is C10H11N5O3S. The Balaban J connectivity index is 2.16. The number of rotatable bonds is 3. The van der Waals surface area contributed by atoms with Gasteiger partial charge in [-0.05, 0) is 6.92 Å². The van der Waals surface area contributed by atoms with Crippen LogP contribution in [-0.4, -0.2) is 39.0 Å². The Bertz CT molecular complexity index is 633. The number of nitrogens with zero attached hydrogens (tertiary/aromatic N) is 4. The quantitative estimate of drug-likeness (QED) is 0.828. The molecule has 2 aromatic heterocycles. The van der Waals surface area contributed by atoms with Crippen molar-refractivity contribution in [2.45, 2.75) is 6.92 Å². The molecule has 0 atom stereocenters. The van der Waals surface area contributed by atoms with E-state index >= 15 is 0 Å². The second-order valence-corrected chi connectivity index (χ2v) is 4.66. The zero-order chi connectivity index (χ0) is 14.0. The van der Waals surface area contributed by atoms with Crippen LogP contribution in [0.5, 0.6) is 0 Å². The average Bonchev–Trinajstić information content (AvgIpc) is 2.95. The number of methoxy groups -OCH3 is 1. The molecule has 2 heterocycles. The maximum Gasteiger partial charge on any atom is 0.350 e. The van der Waals surface area contributed by atoms with Crippen molar-refractivity contribution in [1.82, 2.24) is 20.0 Å². The van der Waals surface area contributed by atoms with Crippen LogP contribution in [0.25, 0.3) is 0 Å². The van der Waals surface area contributed by atoms with Gasteiger partial charge in [0.15, 0.2) is 10.8 Å². The minimum absolute atomic E-state index is 0.176. The minimum atomic E-state index is -0.477. The summed E-state index contributed by atoms with van der Waals surface area (Å²) in [5.74, 6) is -0.909. The van der Waals surface area contributed by atoms with E-state index in [1.807, 2.05) is 0 Å². The van der Waals surface area contributed by atoms with Crippen LogP contribution in [-0.2, 0) is 11.8 Å². The van der Waals surface area contributed by atoms with E-state index in [0.29, 0.717) is 15.7 Å². The van der Waals surface area contributed by atoms with Crippen LogP contribution in [0.15, 0.2) is 6.20 Å². The summed E-state index contributed by atoms with van der Waals surface area (Å²) in [7, 11) is 2.95. The highest BCUT2D eigenvalue weighted by Gasteiger charge is 2.18. The summed E-state index contributed by atoms with van der Waals surface area (Å²) in [4.78, 5) is 27.7. The Morgan fingerprint density at radius 3 is 2.79 bits per heavy atom. The summed E-state index contributed by atoms with van der Waals surface area (Å²) in [6, 6.07) is 0. The van der Waals surface area contributed by atoms with Crippen molar-refractivity contribution < 1.29 is 14.3 Å². The van der Waals surface area contributed by atoms with E-state index < -0.39 is 11.9 Å². The standard InChI is InChI=1S/C10H11N5O3S/c1-5-7(9(17)18-3)19-10(11-5)12-8(16)6-4-15(2)14-13-6/h4H,1-3H3,(H,11,12,16). The number of amides is 1. The third kappa shape index (κ3) is 2.76. The normalized spacial score (nSPS) is 10.3. The number of thiazole rings is 1. The molecule has 0 aliphatic carbocycles. The second-order valence-electron chi connectivity index (χ2n) is 3.66. The summed E-state index contributed by atoms with van der Waals surface area (Å²) in [5.41, 5.74) is 0.682. The van der Waals surface area contributed by atoms with E-state index in [1.54, 1.807) is 14.0 Å². The average molecular weight is 281 g/mol. The largest absolute Gasteiger partial charge is 0.465 e. The third-order valence-electron chi connectivity index (χ3n) is 2.22. The van der Waals surface area contributed by atoms with Crippen LogP contribution in [0.3, 0.4) is 0 Å². The van der Waals surface area contributed by atoms with Gasteiger partial charge in [-0.25, -0.2) is 9.78 Å². The maximum absolute atomic E-state index is 11.8. The fourth-order valence-electron chi connectivity index (χ4n) is 1.34. The van der Waals surface area contributed by atoms with Crippen LogP contribution in [0, 0.1) is 6.92 Å². The van der Waals surface area contributed by atoms with Gasteiger partial charge in [0.25, 0.3) is 5.91 Å². The van der Waals surface area contributed by atoms with Crippen LogP contribution >= 0.6 is 11.3 Å². The van der Waals surface area contributed by atoms with Gasteiger partial charge in [0, 0.05) is 7.05 Å². The van der Waals surface area contributed by atoms with Crippen molar-refractivity contribution >= 4 is 28.3 Å². The Kier molecular flexibility index (Phi) is 3.56. The highest BCUT2D eigenvalue weighted by atomic mass is 32.1. The van der Waals surface area contributed by atoms with Gasteiger partial charge in [-0.3, -0.25) is 14.8 Å². The molecule has 0 bridgehead atoms. The topological polar surface area (TPSA) is 99.0 Å². The lowest BCUT2D eigenvalue weighted by atomic mass is 10.4. The first-order valence-corrected chi connectivity index (χ1v) is 6.06. The van der Waals surface area contributed by atoms with E-state index in [0.717, 1.165) is 11.3 Å².